The lowest BCUT2D eigenvalue weighted by molar-refractivity contribution is -0.135. The predicted octanol–water partition coefficient (Wildman–Crippen LogP) is 1.38. The first-order valence-electron chi connectivity index (χ1n) is 3.30. The molecule has 0 bridgehead atoms. The zero-order valence-corrected chi connectivity index (χ0v) is 8.15. The zero-order chi connectivity index (χ0) is 14.1. The van der Waals surface area contributed by atoms with Crippen LogP contribution in [-0.4, -0.2) is 31.2 Å². The lowest BCUT2D eigenvalue weighted by Crippen LogP contribution is -2.29. The van der Waals surface area contributed by atoms with Crippen LogP contribution in [-0.2, 0) is 19.1 Å². The third kappa shape index (κ3) is 4.50. The Hall–Kier alpha value is -1.46. The lowest BCUT2D eigenvalue weighted by Gasteiger charge is -2.13. The van der Waals surface area contributed by atoms with Gasteiger partial charge in [0.05, 0.1) is 6.08 Å². The number of hydrogen-bond donors (Lipinski definition) is 1. The summed E-state index contributed by atoms with van der Waals surface area (Å²) in [6.45, 7) is 0. The number of carboxylic acid groups (broad SMARTS) is 1. The third-order valence-corrected chi connectivity index (χ3v) is 1.98. The van der Waals surface area contributed by atoms with E-state index in [-0.39, 0.29) is 0 Å². The fraction of sp³-hybridized carbons (Fsp3) is 0.400. The van der Waals surface area contributed by atoms with Crippen molar-refractivity contribution in [3.63, 3.8) is 0 Å². The van der Waals surface area contributed by atoms with Crippen LogP contribution in [0.2, 0.25) is 0 Å². The third-order valence-electron chi connectivity index (χ3n) is 1.02. The van der Waals surface area contributed by atoms with E-state index < -0.39 is 39.6 Å². The van der Waals surface area contributed by atoms with Gasteiger partial charge in [-0.3, -0.25) is 0 Å². The number of aliphatic carboxylic acids is 1. The van der Waals surface area contributed by atoms with Crippen LogP contribution in [0, 0.1) is 0 Å². The van der Waals surface area contributed by atoms with Gasteiger partial charge >= 0.3 is 27.8 Å². The van der Waals surface area contributed by atoms with E-state index in [1.807, 2.05) is 0 Å². The Labute approximate surface area is 89.4 Å². The molecule has 0 spiro atoms. The van der Waals surface area contributed by atoms with Crippen LogP contribution in [0.4, 0.5) is 26.3 Å². The second-order valence-corrected chi connectivity index (χ2v) is 3.87. The van der Waals surface area contributed by atoms with Crippen molar-refractivity contribution in [1.82, 2.24) is 0 Å². The van der Waals surface area contributed by atoms with Gasteiger partial charge in [-0.25, -0.2) is 4.79 Å². The average Bonchev–Trinajstić information content (AvgIpc) is 1.97. The molecule has 0 unspecified atom stereocenters. The van der Waals surface area contributed by atoms with Crippen LogP contribution in [0.15, 0.2) is 11.8 Å². The molecule has 0 saturated carbocycles. The molecule has 0 radical (unpaired) electrons. The molecule has 0 aliphatic rings. The van der Waals surface area contributed by atoms with E-state index >= 15 is 0 Å². The summed E-state index contributed by atoms with van der Waals surface area (Å²) in [5.41, 5.74) is -6.10. The van der Waals surface area contributed by atoms with Crippen LogP contribution in [0.3, 0.4) is 0 Å². The molecule has 0 aromatic heterocycles. The molecule has 0 amide bonds. The molecule has 0 aromatic carbocycles. The number of allylic oxidation sites excluding steroid dienone is 1. The summed E-state index contributed by atoms with van der Waals surface area (Å²) in [6, 6.07) is 0. The summed E-state index contributed by atoms with van der Waals surface area (Å²) >= 11 is 0. The second kappa shape index (κ2) is 4.43. The Morgan fingerprint density at radius 3 is 1.76 bits per heavy atom. The molecule has 100 valence electrons. The van der Waals surface area contributed by atoms with Crippen LogP contribution >= 0.6 is 0 Å². The monoisotopic (exact) mass is 288 g/mol. The summed E-state index contributed by atoms with van der Waals surface area (Å²) in [6.07, 6.45) is -6.54. The van der Waals surface area contributed by atoms with E-state index in [9.17, 15) is 39.6 Å². The molecular weight excluding hydrogens is 286 g/mol. The van der Waals surface area contributed by atoms with Crippen molar-refractivity contribution in [3.8, 4) is 0 Å². The Kier molecular flexibility index (Phi) is 4.05. The maximum absolute atomic E-state index is 11.9. The molecule has 0 heterocycles. The number of carbonyl (C=O) groups is 1. The molecule has 0 saturated heterocycles. The van der Waals surface area contributed by atoms with E-state index in [0.29, 0.717) is 0 Å². The molecule has 0 atom stereocenters. The van der Waals surface area contributed by atoms with E-state index in [2.05, 4.69) is 4.18 Å². The molecule has 0 rings (SSSR count). The van der Waals surface area contributed by atoms with Gasteiger partial charge in [-0.05, 0) is 0 Å². The van der Waals surface area contributed by atoms with Crippen molar-refractivity contribution in [1.29, 1.82) is 0 Å². The highest BCUT2D eigenvalue weighted by molar-refractivity contribution is 7.87. The van der Waals surface area contributed by atoms with Gasteiger partial charge in [0.15, 0.2) is 0 Å². The molecule has 0 aromatic rings. The Morgan fingerprint density at radius 1 is 1.12 bits per heavy atom. The normalized spacial score (nSPS) is 14.6. The largest absolute Gasteiger partial charge is 0.534 e. The van der Waals surface area contributed by atoms with Crippen LogP contribution < -0.4 is 0 Å². The van der Waals surface area contributed by atoms with Crippen molar-refractivity contribution < 1.29 is 48.8 Å². The summed E-state index contributed by atoms with van der Waals surface area (Å²) in [4.78, 5) is 9.86. The van der Waals surface area contributed by atoms with Crippen LogP contribution in [0.5, 0.6) is 0 Å². The Bertz CT molecular complexity index is 429. The Morgan fingerprint density at radius 2 is 1.53 bits per heavy atom. The number of halogens is 6. The number of alkyl halides is 6. The fourth-order valence-corrected chi connectivity index (χ4v) is 0.904. The minimum atomic E-state index is -6.58. The van der Waals surface area contributed by atoms with Gasteiger partial charge < -0.3 is 9.29 Å². The van der Waals surface area contributed by atoms with E-state index in [0.717, 1.165) is 0 Å². The number of hydrogen-bond acceptors (Lipinski definition) is 4. The zero-order valence-electron chi connectivity index (χ0n) is 7.33. The highest BCUT2D eigenvalue weighted by Crippen LogP contribution is 2.33. The van der Waals surface area contributed by atoms with E-state index in [4.69, 9.17) is 5.11 Å². The van der Waals surface area contributed by atoms with Crippen molar-refractivity contribution in [2.45, 2.75) is 11.7 Å². The first-order chi connectivity index (χ1) is 7.27. The minimum absolute atomic E-state index is 0.844. The van der Waals surface area contributed by atoms with E-state index in [1.54, 1.807) is 0 Å². The summed E-state index contributed by atoms with van der Waals surface area (Å²) in [7, 11) is -6.58. The topological polar surface area (TPSA) is 80.7 Å². The van der Waals surface area contributed by atoms with Gasteiger partial charge in [-0.1, -0.05) is 0 Å². The lowest BCUT2D eigenvalue weighted by atomic mass is 10.4. The highest BCUT2D eigenvalue weighted by atomic mass is 32.2. The molecule has 0 fully saturated rings. The highest BCUT2D eigenvalue weighted by Gasteiger charge is 2.52. The number of rotatable bonds is 3. The maximum Gasteiger partial charge on any atom is 0.534 e. The van der Waals surface area contributed by atoms with Crippen molar-refractivity contribution in [2.75, 3.05) is 0 Å². The molecule has 12 heteroatoms. The SMILES string of the molecule is O=C(O)/C=C(/OS(=O)(=O)C(F)(F)F)C(F)(F)F. The molecule has 1 N–H and O–H groups in total. The van der Waals surface area contributed by atoms with Gasteiger partial charge in [-0.15, -0.1) is 0 Å². The smallest absolute Gasteiger partial charge is 0.478 e. The predicted molar refractivity (Wildman–Crippen MR) is 37.8 cm³/mol. The molecular formula is C5H2F6O5S. The summed E-state index contributed by atoms with van der Waals surface area (Å²) < 4.78 is 93.8. The first-order valence-corrected chi connectivity index (χ1v) is 4.71. The average molecular weight is 288 g/mol. The van der Waals surface area contributed by atoms with Gasteiger partial charge in [0.25, 0.3) is 0 Å². The fourth-order valence-electron chi connectivity index (χ4n) is 0.431. The van der Waals surface area contributed by atoms with Crippen molar-refractivity contribution >= 4 is 16.1 Å². The van der Waals surface area contributed by atoms with Crippen LogP contribution in [0.25, 0.3) is 0 Å². The van der Waals surface area contributed by atoms with Gasteiger partial charge in [-0.2, -0.15) is 34.8 Å². The Balaban J connectivity index is 5.40. The summed E-state index contributed by atoms with van der Waals surface area (Å²) in [5.74, 6) is -5.13. The van der Waals surface area contributed by atoms with Gasteiger partial charge in [0.2, 0.25) is 5.76 Å². The molecule has 0 aliphatic heterocycles. The minimum Gasteiger partial charge on any atom is -0.478 e. The number of carboxylic acids is 1. The van der Waals surface area contributed by atoms with E-state index in [1.165, 1.54) is 0 Å². The van der Waals surface area contributed by atoms with Crippen LogP contribution in [0.1, 0.15) is 0 Å². The van der Waals surface area contributed by atoms with Crippen molar-refractivity contribution in [2.24, 2.45) is 0 Å². The maximum atomic E-state index is 11.9. The van der Waals surface area contributed by atoms with Gasteiger partial charge in [0.1, 0.15) is 0 Å². The molecule has 5 nitrogen and oxygen atoms in total. The standard InChI is InChI=1S/C5H2F6O5S/c6-4(7,8)2(1-3(12)13)16-17(14,15)5(9,10)11/h1H,(H,12,13)/b2-1+. The van der Waals surface area contributed by atoms with Crippen molar-refractivity contribution in [3.05, 3.63) is 11.8 Å². The molecule has 0 aliphatic carbocycles. The molecule has 17 heavy (non-hydrogen) atoms. The quantitative estimate of drug-likeness (QED) is 0.279. The summed E-state index contributed by atoms with van der Waals surface area (Å²) in [5, 5.41) is 7.91. The van der Waals surface area contributed by atoms with Gasteiger partial charge in [0, 0.05) is 0 Å². The second-order valence-electron chi connectivity index (χ2n) is 2.33. The first kappa shape index (κ1) is 15.5.